The standard InChI is InChI=1S/C18H15FN2O2S/c1-2-23-17(22)13-6-3-5-12(9-13)16-11-24-18(21-16)20-15-8-4-7-14(19)10-15/h3-11H,2H2,1H3,(H,20,21). The van der Waals surface area contributed by atoms with Gasteiger partial charge in [-0.2, -0.15) is 0 Å². The minimum absolute atomic E-state index is 0.307. The van der Waals surface area contributed by atoms with Gasteiger partial charge in [-0.15, -0.1) is 11.3 Å². The third-order valence-corrected chi connectivity index (χ3v) is 4.01. The van der Waals surface area contributed by atoms with E-state index in [2.05, 4.69) is 10.3 Å². The molecule has 6 heteroatoms. The predicted octanol–water partition coefficient (Wildman–Crippen LogP) is 4.87. The molecular weight excluding hydrogens is 327 g/mol. The topological polar surface area (TPSA) is 51.2 Å². The van der Waals surface area contributed by atoms with E-state index in [-0.39, 0.29) is 11.8 Å². The van der Waals surface area contributed by atoms with Gasteiger partial charge in [-0.1, -0.05) is 18.2 Å². The van der Waals surface area contributed by atoms with Gasteiger partial charge in [0, 0.05) is 16.6 Å². The summed E-state index contributed by atoms with van der Waals surface area (Å²) in [4.78, 5) is 16.3. The maximum Gasteiger partial charge on any atom is 0.338 e. The molecule has 0 aliphatic rings. The van der Waals surface area contributed by atoms with E-state index in [1.54, 1.807) is 37.3 Å². The zero-order chi connectivity index (χ0) is 16.9. The van der Waals surface area contributed by atoms with E-state index in [1.165, 1.54) is 23.5 Å². The lowest BCUT2D eigenvalue weighted by Gasteiger charge is -2.04. The van der Waals surface area contributed by atoms with Gasteiger partial charge in [0.1, 0.15) is 5.82 Å². The van der Waals surface area contributed by atoms with Crippen molar-refractivity contribution in [2.45, 2.75) is 6.92 Å². The maximum atomic E-state index is 13.2. The zero-order valence-electron chi connectivity index (χ0n) is 13.0. The minimum Gasteiger partial charge on any atom is -0.462 e. The van der Waals surface area contributed by atoms with E-state index >= 15 is 0 Å². The number of carbonyl (C=O) groups is 1. The maximum absolute atomic E-state index is 13.2. The molecule has 0 aliphatic carbocycles. The first kappa shape index (κ1) is 16.1. The van der Waals surface area contributed by atoms with Crippen LogP contribution in [0.3, 0.4) is 0 Å². The number of nitrogens with zero attached hydrogens (tertiary/aromatic N) is 1. The molecule has 0 spiro atoms. The van der Waals surface area contributed by atoms with Crippen molar-refractivity contribution in [2.75, 3.05) is 11.9 Å². The molecule has 0 aliphatic heterocycles. The number of benzene rings is 2. The molecule has 0 saturated carbocycles. The van der Waals surface area contributed by atoms with Crippen LogP contribution in [-0.4, -0.2) is 17.6 Å². The van der Waals surface area contributed by atoms with Gasteiger partial charge in [-0.25, -0.2) is 14.2 Å². The van der Waals surface area contributed by atoms with E-state index < -0.39 is 0 Å². The Kier molecular flexibility index (Phi) is 4.86. The van der Waals surface area contributed by atoms with Crippen LogP contribution in [0.4, 0.5) is 15.2 Å². The Bertz CT molecular complexity index is 863. The summed E-state index contributed by atoms with van der Waals surface area (Å²) in [6, 6.07) is 13.3. The molecule has 24 heavy (non-hydrogen) atoms. The molecule has 1 aromatic heterocycles. The number of hydrogen-bond donors (Lipinski definition) is 1. The molecular formula is C18H15FN2O2S. The van der Waals surface area contributed by atoms with Gasteiger partial charge in [-0.3, -0.25) is 0 Å². The van der Waals surface area contributed by atoms with Crippen LogP contribution in [0.5, 0.6) is 0 Å². The van der Waals surface area contributed by atoms with Crippen molar-refractivity contribution in [3.8, 4) is 11.3 Å². The first-order chi connectivity index (χ1) is 11.7. The number of hydrogen-bond acceptors (Lipinski definition) is 5. The highest BCUT2D eigenvalue weighted by atomic mass is 32.1. The highest BCUT2D eigenvalue weighted by molar-refractivity contribution is 7.14. The zero-order valence-corrected chi connectivity index (χ0v) is 13.8. The fourth-order valence-electron chi connectivity index (χ4n) is 2.17. The van der Waals surface area contributed by atoms with Crippen LogP contribution in [0.2, 0.25) is 0 Å². The van der Waals surface area contributed by atoms with E-state index in [0.717, 1.165) is 11.3 Å². The fraction of sp³-hybridized carbons (Fsp3) is 0.111. The Balaban J connectivity index is 1.80. The first-order valence-corrected chi connectivity index (χ1v) is 8.29. The monoisotopic (exact) mass is 342 g/mol. The van der Waals surface area contributed by atoms with Gasteiger partial charge in [-0.05, 0) is 37.3 Å². The molecule has 4 nitrogen and oxygen atoms in total. The van der Waals surface area contributed by atoms with Gasteiger partial charge >= 0.3 is 5.97 Å². The van der Waals surface area contributed by atoms with Gasteiger partial charge in [0.2, 0.25) is 0 Å². The van der Waals surface area contributed by atoms with Crippen molar-refractivity contribution in [1.82, 2.24) is 4.98 Å². The Labute approximate surface area is 142 Å². The van der Waals surface area contributed by atoms with Crippen molar-refractivity contribution < 1.29 is 13.9 Å². The number of thiazole rings is 1. The van der Waals surface area contributed by atoms with Crippen LogP contribution < -0.4 is 5.32 Å². The van der Waals surface area contributed by atoms with E-state index in [4.69, 9.17) is 4.74 Å². The van der Waals surface area contributed by atoms with Gasteiger partial charge in [0.15, 0.2) is 5.13 Å². The average molecular weight is 342 g/mol. The van der Waals surface area contributed by atoms with Gasteiger partial charge in [0.05, 0.1) is 17.9 Å². The summed E-state index contributed by atoms with van der Waals surface area (Å²) in [6.45, 7) is 2.11. The third kappa shape index (κ3) is 3.78. The quantitative estimate of drug-likeness (QED) is 0.672. The number of halogens is 1. The van der Waals surface area contributed by atoms with Crippen molar-refractivity contribution in [3.05, 3.63) is 65.3 Å². The molecule has 0 unspecified atom stereocenters. The summed E-state index contributed by atoms with van der Waals surface area (Å²) in [7, 11) is 0. The Morgan fingerprint density at radius 1 is 1.25 bits per heavy atom. The van der Waals surface area contributed by atoms with Crippen LogP contribution in [0.1, 0.15) is 17.3 Å². The Hall–Kier alpha value is -2.73. The summed E-state index contributed by atoms with van der Waals surface area (Å²) in [5.74, 6) is -0.661. The highest BCUT2D eigenvalue weighted by Crippen LogP contribution is 2.28. The molecule has 1 heterocycles. The van der Waals surface area contributed by atoms with Crippen LogP contribution in [0, 0.1) is 5.82 Å². The second-order valence-corrected chi connectivity index (χ2v) is 5.83. The molecule has 0 saturated heterocycles. The fourth-order valence-corrected chi connectivity index (χ4v) is 2.91. The lowest BCUT2D eigenvalue weighted by molar-refractivity contribution is 0.0526. The number of rotatable bonds is 5. The van der Waals surface area contributed by atoms with Crippen LogP contribution >= 0.6 is 11.3 Å². The summed E-state index contributed by atoms with van der Waals surface area (Å²) >= 11 is 1.41. The van der Waals surface area contributed by atoms with Crippen molar-refractivity contribution in [3.63, 3.8) is 0 Å². The second-order valence-electron chi connectivity index (χ2n) is 4.97. The van der Waals surface area contributed by atoms with Gasteiger partial charge in [0.25, 0.3) is 0 Å². The highest BCUT2D eigenvalue weighted by Gasteiger charge is 2.10. The van der Waals surface area contributed by atoms with Crippen molar-refractivity contribution in [2.24, 2.45) is 0 Å². The molecule has 0 bridgehead atoms. The van der Waals surface area contributed by atoms with E-state index in [9.17, 15) is 9.18 Å². The number of carbonyl (C=O) groups excluding carboxylic acids is 1. The first-order valence-electron chi connectivity index (χ1n) is 7.41. The number of ether oxygens (including phenoxy) is 1. The SMILES string of the molecule is CCOC(=O)c1cccc(-c2csc(Nc3cccc(F)c3)n2)c1. The molecule has 0 fully saturated rings. The van der Waals surface area contributed by atoms with Crippen LogP contribution in [0.15, 0.2) is 53.9 Å². The lowest BCUT2D eigenvalue weighted by atomic mass is 10.1. The Morgan fingerprint density at radius 3 is 2.88 bits per heavy atom. The number of aromatic nitrogens is 1. The van der Waals surface area contributed by atoms with Crippen LogP contribution in [0.25, 0.3) is 11.3 Å². The molecule has 2 aromatic carbocycles. The molecule has 122 valence electrons. The molecule has 3 rings (SSSR count). The number of esters is 1. The lowest BCUT2D eigenvalue weighted by Crippen LogP contribution is -2.04. The molecule has 0 radical (unpaired) electrons. The Morgan fingerprint density at radius 2 is 2.08 bits per heavy atom. The molecule has 0 amide bonds. The number of nitrogens with one attached hydrogen (secondary N) is 1. The summed E-state index contributed by atoms with van der Waals surface area (Å²) in [5.41, 5.74) is 2.69. The van der Waals surface area contributed by atoms with Gasteiger partial charge < -0.3 is 10.1 Å². The average Bonchev–Trinajstić information content (AvgIpc) is 3.04. The van der Waals surface area contributed by atoms with Crippen molar-refractivity contribution in [1.29, 1.82) is 0 Å². The van der Waals surface area contributed by atoms with E-state index in [1.807, 2.05) is 11.4 Å². The number of anilines is 2. The molecule has 1 N–H and O–H groups in total. The minimum atomic E-state index is -0.354. The third-order valence-electron chi connectivity index (χ3n) is 3.25. The smallest absolute Gasteiger partial charge is 0.338 e. The van der Waals surface area contributed by atoms with Crippen LogP contribution in [-0.2, 0) is 4.74 Å². The molecule has 3 aromatic rings. The summed E-state index contributed by atoms with van der Waals surface area (Å²) in [6.07, 6.45) is 0. The van der Waals surface area contributed by atoms with Crippen molar-refractivity contribution >= 4 is 28.1 Å². The normalized spacial score (nSPS) is 10.4. The largest absolute Gasteiger partial charge is 0.462 e. The van der Waals surface area contributed by atoms with E-state index in [0.29, 0.717) is 23.0 Å². The summed E-state index contributed by atoms with van der Waals surface area (Å²) < 4.78 is 18.2. The second kappa shape index (κ2) is 7.23. The predicted molar refractivity (Wildman–Crippen MR) is 93.2 cm³/mol. The summed E-state index contributed by atoms with van der Waals surface area (Å²) in [5, 5.41) is 5.60. The molecule has 0 atom stereocenters.